The maximum atomic E-state index is 13.5. The second-order valence-corrected chi connectivity index (χ2v) is 10.3. The van der Waals surface area contributed by atoms with Crippen LogP contribution in [-0.4, -0.2) is 40.1 Å². The number of rotatable bonds is 7. The van der Waals surface area contributed by atoms with Crippen LogP contribution in [0.3, 0.4) is 0 Å². The predicted molar refractivity (Wildman–Crippen MR) is 131 cm³/mol. The van der Waals surface area contributed by atoms with E-state index in [1.165, 1.54) is 0 Å². The van der Waals surface area contributed by atoms with E-state index >= 15 is 0 Å². The van der Waals surface area contributed by atoms with Crippen LogP contribution in [0.1, 0.15) is 16.7 Å². The van der Waals surface area contributed by atoms with E-state index in [0.717, 1.165) is 21.0 Å². The molecule has 0 aromatic heterocycles. The van der Waals surface area contributed by atoms with Crippen LogP contribution in [0.4, 0.5) is 5.69 Å². The zero-order valence-corrected chi connectivity index (χ0v) is 20.3. The van der Waals surface area contributed by atoms with Crippen molar-refractivity contribution in [2.24, 2.45) is 0 Å². The topological polar surface area (TPSA) is 84.9 Å². The monoisotopic (exact) mass is 480 g/mol. The fourth-order valence-electron chi connectivity index (χ4n) is 3.82. The molecule has 0 saturated carbocycles. The first kappa shape index (κ1) is 23.6. The van der Waals surface area contributed by atoms with E-state index in [2.05, 4.69) is 5.32 Å². The second kappa shape index (κ2) is 9.77. The van der Waals surface area contributed by atoms with Crippen LogP contribution >= 0.6 is 0 Å². The largest absolute Gasteiger partial charge is 0.486 e. The van der Waals surface area contributed by atoms with Gasteiger partial charge in [0, 0.05) is 0 Å². The minimum Gasteiger partial charge on any atom is -0.486 e. The number of benzene rings is 3. The average molecular weight is 481 g/mol. The van der Waals surface area contributed by atoms with Crippen molar-refractivity contribution in [1.82, 2.24) is 5.32 Å². The Labute approximate surface area is 200 Å². The number of nitrogens with one attached hydrogen (secondary N) is 1. The van der Waals surface area contributed by atoms with Gasteiger partial charge in [-0.3, -0.25) is 9.10 Å². The Morgan fingerprint density at radius 1 is 0.941 bits per heavy atom. The number of carbonyl (C=O) groups excluding carboxylic acids is 1. The van der Waals surface area contributed by atoms with Crippen molar-refractivity contribution in [1.29, 1.82) is 0 Å². The molecule has 1 amide bonds. The van der Waals surface area contributed by atoms with Crippen molar-refractivity contribution in [2.45, 2.75) is 31.8 Å². The maximum absolute atomic E-state index is 13.5. The quantitative estimate of drug-likeness (QED) is 0.557. The van der Waals surface area contributed by atoms with Crippen molar-refractivity contribution in [3.63, 3.8) is 0 Å². The zero-order valence-electron chi connectivity index (χ0n) is 19.4. The molecule has 3 aromatic carbocycles. The first-order chi connectivity index (χ1) is 16.2. The van der Waals surface area contributed by atoms with Gasteiger partial charge in [0.2, 0.25) is 5.91 Å². The van der Waals surface area contributed by atoms with Gasteiger partial charge in [-0.05, 0) is 68.3 Å². The highest BCUT2D eigenvalue weighted by atomic mass is 32.2. The van der Waals surface area contributed by atoms with E-state index in [1.807, 2.05) is 45.0 Å². The van der Waals surface area contributed by atoms with Gasteiger partial charge in [-0.15, -0.1) is 0 Å². The molecule has 0 aliphatic carbocycles. The van der Waals surface area contributed by atoms with Gasteiger partial charge in [-0.25, -0.2) is 8.42 Å². The second-order valence-electron chi connectivity index (χ2n) is 8.47. The fraction of sp³-hybridized carbons (Fsp3) is 0.269. The summed E-state index contributed by atoms with van der Waals surface area (Å²) in [6.07, 6.45) is -0.373. The van der Waals surface area contributed by atoms with Gasteiger partial charge in [0.25, 0.3) is 10.0 Å². The molecular formula is C26H28N2O5S. The Kier molecular flexibility index (Phi) is 6.79. The lowest BCUT2D eigenvalue weighted by atomic mass is 10.1. The number of para-hydroxylation sites is 2. The molecule has 0 spiro atoms. The third kappa shape index (κ3) is 5.34. The zero-order chi connectivity index (χ0) is 24.3. The predicted octanol–water partition coefficient (Wildman–Crippen LogP) is 3.76. The lowest BCUT2D eigenvalue weighted by molar-refractivity contribution is -0.120. The van der Waals surface area contributed by atoms with E-state index in [9.17, 15) is 13.2 Å². The molecule has 4 rings (SSSR count). The molecule has 0 bridgehead atoms. The molecule has 0 unspecified atom stereocenters. The summed E-state index contributed by atoms with van der Waals surface area (Å²) in [6, 6.07) is 19.4. The minimum absolute atomic E-state index is 0.130. The number of nitrogens with zero attached hydrogens (tertiary/aromatic N) is 1. The smallest absolute Gasteiger partial charge is 0.264 e. The Balaban J connectivity index is 1.52. The molecular weight excluding hydrogens is 452 g/mol. The highest BCUT2D eigenvalue weighted by molar-refractivity contribution is 7.92. The van der Waals surface area contributed by atoms with E-state index in [-0.39, 0.29) is 24.1 Å². The van der Waals surface area contributed by atoms with Gasteiger partial charge in [0.1, 0.15) is 19.3 Å². The summed E-state index contributed by atoms with van der Waals surface area (Å²) >= 11 is 0. The highest BCUT2D eigenvalue weighted by Gasteiger charge is 2.28. The Morgan fingerprint density at radius 3 is 2.26 bits per heavy atom. The number of ether oxygens (including phenoxy) is 2. The van der Waals surface area contributed by atoms with E-state index < -0.39 is 15.9 Å². The van der Waals surface area contributed by atoms with Crippen LogP contribution in [0, 0.1) is 20.8 Å². The fourth-order valence-corrected chi connectivity index (χ4v) is 5.23. The van der Waals surface area contributed by atoms with Gasteiger partial charge in [0.15, 0.2) is 11.5 Å². The molecule has 1 N–H and O–H groups in total. The summed E-state index contributed by atoms with van der Waals surface area (Å²) < 4.78 is 39.8. The van der Waals surface area contributed by atoms with Crippen molar-refractivity contribution in [3.8, 4) is 11.5 Å². The van der Waals surface area contributed by atoms with Crippen LogP contribution < -0.4 is 19.1 Å². The van der Waals surface area contributed by atoms with Crippen LogP contribution in [0.15, 0.2) is 71.6 Å². The maximum Gasteiger partial charge on any atom is 0.264 e. The number of carbonyl (C=O) groups is 1. The molecule has 1 aliphatic heterocycles. The van der Waals surface area contributed by atoms with Crippen LogP contribution in [-0.2, 0) is 14.8 Å². The molecule has 1 aliphatic rings. The molecule has 0 fully saturated rings. The third-order valence-electron chi connectivity index (χ3n) is 5.49. The molecule has 8 heteroatoms. The molecule has 7 nitrogen and oxygen atoms in total. The molecule has 1 atom stereocenters. The van der Waals surface area contributed by atoms with Crippen LogP contribution in [0.25, 0.3) is 0 Å². The van der Waals surface area contributed by atoms with Crippen molar-refractivity contribution >= 4 is 21.6 Å². The van der Waals surface area contributed by atoms with Gasteiger partial charge < -0.3 is 14.8 Å². The van der Waals surface area contributed by atoms with E-state index in [0.29, 0.717) is 23.8 Å². The summed E-state index contributed by atoms with van der Waals surface area (Å²) in [6.45, 7) is 5.80. The molecule has 34 heavy (non-hydrogen) atoms. The molecule has 0 saturated heterocycles. The number of sulfonamides is 1. The highest BCUT2D eigenvalue weighted by Crippen LogP contribution is 2.31. The van der Waals surface area contributed by atoms with E-state index in [1.54, 1.807) is 42.5 Å². The summed E-state index contributed by atoms with van der Waals surface area (Å²) in [5.74, 6) is 0.847. The summed E-state index contributed by atoms with van der Waals surface area (Å²) in [7, 11) is -3.97. The standard InChI is InChI=1S/C26H28N2O5S/c1-18-8-10-23(11-9-18)34(30,31)28(21-13-19(2)12-20(3)14-21)16-26(29)27-15-22-17-32-24-6-4-5-7-25(24)33-22/h4-14,22H,15-17H2,1-3H3,(H,27,29)/t22-/m0/s1. The van der Waals surface area contributed by atoms with Gasteiger partial charge in [-0.1, -0.05) is 35.9 Å². The number of hydrogen-bond donors (Lipinski definition) is 1. The van der Waals surface area contributed by atoms with Gasteiger partial charge in [0.05, 0.1) is 17.1 Å². The average Bonchev–Trinajstić information content (AvgIpc) is 2.80. The van der Waals surface area contributed by atoms with Crippen molar-refractivity contribution < 1.29 is 22.7 Å². The van der Waals surface area contributed by atoms with Crippen LogP contribution in [0.5, 0.6) is 11.5 Å². The molecule has 3 aromatic rings. The normalized spacial score (nSPS) is 15.0. The minimum atomic E-state index is -3.97. The number of amides is 1. The summed E-state index contributed by atoms with van der Waals surface area (Å²) in [5.41, 5.74) is 3.21. The summed E-state index contributed by atoms with van der Waals surface area (Å²) in [5, 5.41) is 2.80. The number of fused-ring (bicyclic) bond motifs is 1. The van der Waals surface area contributed by atoms with E-state index in [4.69, 9.17) is 9.47 Å². The molecule has 178 valence electrons. The van der Waals surface area contributed by atoms with Crippen LogP contribution in [0.2, 0.25) is 0 Å². The number of aryl methyl sites for hydroxylation is 3. The molecule has 0 radical (unpaired) electrons. The third-order valence-corrected chi connectivity index (χ3v) is 7.27. The van der Waals surface area contributed by atoms with Gasteiger partial charge >= 0.3 is 0 Å². The SMILES string of the molecule is Cc1ccc(S(=O)(=O)N(CC(=O)NC[C@H]2COc3ccccc3O2)c2cc(C)cc(C)c2)cc1. The lowest BCUT2D eigenvalue weighted by Gasteiger charge is -2.28. The first-order valence-electron chi connectivity index (χ1n) is 11.1. The molecule has 1 heterocycles. The Hall–Kier alpha value is -3.52. The number of hydrogen-bond acceptors (Lipinski definition) is 5. The first-order valence-corrected chi connectivity index (χ1v) is 12.5. The van der Waals surface area contributed by atoms with Gasteiger partial charge in [-0.2, -0.15) is 0 Å². The Morgan fingerprint density at radius 2 is 1.59 bits per heavy atom. The number of anilines is 1. The van der Waals surface area contributed by atoms with Crippen molar-refractivity contribution in [3.05, 3.63) is 83.4 Å². The lowest BCUT2D eigenvalue weighted by Crippen LogP contribution is -2.45. The van der Waals surface area contributed by atoms with Crippen molar-refractivity contribution in [2.75, 3.05) is 24.0 Å². The summed E-state index contributed by atoms with van der Waals surface area (Å²) in [4.78, 5) is 13.0. The Bertz CT molecular complexity index is 1270.